The van der Waals surface area contributed by atoms with E-state index in [1.807, 2.05) is 67.6 Å². The maximum Gasteiger partial charge on any atom is 0.414 e. The summed E-state index contributed by atoms with van der Waals surface area (Å²) in [7, 11) is 0. The second-order valence-corrected chi connectivity index (χ2v) is 8.98. The van der Waals surface area contributed by atoms with Gasteiger partial charge in [0.25, 0.3) is 0 Å². The molecular formula is C28H35Cl2N5O3. The van der Waals surface area contributed by atoms with Gasteiger partial charge in [-0.2, -0.15) is 0 Å². The van der Waals surface area contributed by atoms with Crippen molar-refractivity contribution in [3.63, 3.8) is 0 Å². The number of hydrogen-bond donors (Lipinski definition) is 3. The predicted octanol–water partition coefficient (Wildman–Crippen LogP) is 5.97. The third kappa shape index (κ3) is 7.52. The largest absolute Gasteiger partial charge is 0.490 e. The number of hydrogen-bond acceptors (Lipinski definition) is 5. The fourth-order valence-corrected chi connectivity index (χ4v) is 4.41. The number of ether oxygens (including phenoxy) is 2. The summed E-state index contributed by atoms with van der Waals surface area (Å²) in [4.78, 5) is 16.5. The van der Waals surface area contributed by atoms with Crippen LogP contribution >= 0.6 is 24.8 Å². The molecule has 0 atom stereocenters. The monoisotopic (exact) mass is 559 g/mol. The van der Waals surface area contributed by atoms with Crippen LogP contribution in [-0.2, 0) is 11.3 Å². The van der Waals surface area contributed by atoms with Gasteiger partial charge in [-0.05, 0) is 66.6 Å². The molecule has 38 heavy (non-hydrogen) atoms. The summed E-state index contributed by atoms with van der Waals surface area (Å²) in [5.74, 6) is 1.38. The number of nitrogens with zero attached hydrogens (tertiary/aromatic N) is 2. The van der Waals surface area contributed by atoms with E-state index in [0.29, 0.717) is 23.6 Å². The second kappa shape index (κ2) is 13.9. The molecule has 204 valence electrons. The Hall–Kier alpha value is -3.49. The Kier molecular flexibility index (Phi) is 11.2. The Labute approximate surface area is 235 Å². The number of rotatable bonds is 7. The second-order valence-electron chi connectivity index (χ2n) is 8.98. The smallest absolute Gasteiger partial charge is 0.414 e. The fourth-order valence-electron chi connectivity index (χ4n) is 4.41. The number of halogens is 2. The molecule has 1 saturated heterocycles. The maximum absolute atomic E-state index is 12.8. The van der Waals surface area contributed by atoms with Gasteiger partial charge in [-0.15, -0.1) is 24.8 Å². The fraction of sp³-hybridized carbons (Fsp3) is 0.321. The highest BCUT2D eigenvalue weighted by molar-refractivity contribution is 5.99. The van der Waals surface area contributed by atoms with Crippen LogP contribution in [-0.4, -0.2) is 48.5 Å². The molecule has 1 amide bonds. The molecule has 1 aliphatic rings. The van der Waals surface area contributed by atoms with Gasteiger partial charge in [-0.1, -0.05) is 24.3 Å². The topological polar surface area (TPSA) is 116 Å². The van der Waals surface area contributed by atoms with Gasteiger partial charge >= 0.3 is 6.09 Å². The van der Waals surface area contributed by atoms with E-state index in [1.54, 1.807) is 11.8 Å². The van der Waals surface area contributed by atoms with Gasteiger partial charge in [0.05, 0.1) is 19.0 Å². The molecule has 1 heterocycles. The van der Waals surface area contributed by atoms with Crippen molar-refractivity contribution in [1.82, 2.24) is 4.90 Å². The summed E-state index contributed by atoms with van der Waals surface area (Å²) >= 11 is 0. The summed E-state index contributed by atoms with van der Waals surface area (Å²) in [6.45, 7) is 5.88. The number of likely N-dealkylation sites (tertiary alicyclic amines) is 1. The molecule has 8 nitrogen and oxygen atoms in total. The van der Waals surface area contributed by atoms with E-state index in [-0.39, 0.29) is 43.4 Å². The minimum atomic E-state index is -0.418. The van der Waals surface area contributed by atoms with Crippen LogP contribution < -0.4 is 15.4 Å². The van der Waals surface area contributed by atoms with Gasteiger partial charge in [0, 0.05) is 37.2 Å². The van der Waals surface area contributed by atoms with E-state index >= 15 is 0 Å². The molecule has 1 fully saturated rings. The Bertz CT molecular complexity index is 1260. The van der Waals surface area contributed by atoms with E-state index in [2.05, 4.69) is 4.90 Å². The molecule has 3 aromatic carbocycles. The number of carbonyl (C=O) groups excluding carboxylic acids is 1. The Balaban J connectivity index is 0.00000253. The lowest BCUT2D eigenvalue weighted by Gasteiger charge is -2.32. The SMILES string of the molecule is CCOC(=O)N(Cc1ccc2ccc(C(=N)N)cc2c1)c1ccc(OC2CCN(C(C)=N)CC2)cc1.Cl.Cl. The molecule has 0 spiro atoms. The zero-order valence-electron chi connectivity index (χ0n) is 21.6. The lowest BCUT2D eigenvalue weighted by Crippen LogP contribution is -2.40. The number of piperidine rings is 1. The first-order valence-electron chi connectivity index (χ1n) is 12.2. The average molecular weight is 561 g/mol. The molecule has 4 rings (SSSR count). The molecule has 0 saturated carbocycles. The molecule has 0 radical (unpaired) electrons. The third-order valence-electron chi connectivity index (χ3n) is 6.41. The number of amidine groups is 2. The summed E-state index contributed by atoms with van der Waals surface area (Å²) < 4.78 is 11.5. The quantitative estimate of drug-likeness (QED) is 0.243. The van der Waals surface area contributed by atoms with Crippen LogP contribution in [0.25, 0.3) is 10.8 Å². The van der Waals surface area contributed by atoms with Gasteiger partial charge in [0.1, 0.15) is 17.7 Å². The maximum atomic E-state index is 12.8. The number of nitrogens with one attached hydrogen (secondary N) is 2. The Morgan fingerprint density at radius 2 is 1.66 bits per heavy atom. The summed E-state index contributed by atoms with van der Waals surface area (Å²) in [5.41, 5.74) is 7.97. The Morgan fingerprint density at radius 3 is 2.26 bits per heavy atom. The van der Waals surface area contributed by atoms with Crippen molar-refractivity contribution in [3.8, 4) is 5.75 Å². The first kappa shape index (κ1) is 30.7. The molecule has 3 aromatic rings. The summed E-state index contributed by atoms with van der Waals surface area (Å²) in [5, 5.41) is 17.5. The molecule has 0 aliphatic carbocycles. The molecule has 0 aromatic heterocycles. The van der Waals surface area contributed by atoms with Crippen molar-refractivity contribution in [1.29, 1.82) is 10.8 Å². The van der Waals surface area contributed by atoms with Crippen molar-refractivity contribution in [2.75, 3.05) is 24.6 Å². The number of nitrogens with two attached hydrogens (primary N) is 1. The van der Waals surface area contributed by atoms with E-state index in [9.17, 15) is 4.79 Å². The highest BCUT2D eigenvalue weighted by atomic mass is 35.5. The number of carbonyl (C=O) groups is 1. The molecule has 0 bridgehead atoms. The van der Waals surface area contributed by atoms with Crippen molar-refractivity contribution in [2.45, 2.75) is 39.3 Å². The number of fused-ring (bicyclic) bond motifs is 1. The van der Waals surface area contributed by atoms with E-state index in [1.165, 1.54) is 0 Å². The van der Waals surface area contributed by atoms with Crippen LogP contribution in [0, 0.1) is 10.8 Å². The predicted molar refractivity (Wildman–Crippen MR) is 158 cm³/mol. The molecule has 4 N–H and O–H groups in total. The zero-order valence-corrected chi connectivity index (χ0v) is 23.2. The van der Waals surface area contributed by atoms with Crippen molar-refractivity contribution in [2.24, 2.45) is 5.73 Å². The van der Waals surface area contributed by atoms with Gasteiger partial charge < -0.3 is 20.1 Å². The van der Waals surface area contributed by atoms with Crippen LogP contribution in [0.4, 0.5) is 10.5 Å². The van der Waals surface area contributed by atoms with E-state index < -0.39 is 6.09 Å². The van der Waals surface area contributed by atoms with Crippen LogP contribution in [0.5, 0.6) is 5.75 Å². The standard InChI is InChI=1S/C28H33N5O3.2ClH/c1-3-35-28(34)33(18-20-4-5-21-6-7-22(27(30)31)17-23(21)16-20)24-8-10-25(11-9-24)36-26-12-14-32(15-13-26)19(2)29;;/h4-11,16-17,26,29H,3,12-15,18H2,1-2H3,(H3,30,31);2*1H. The highest BCUT2D eigenvalue weighted by Crippen LogP contribution is 2.26. The summed E-state index contributed by atoms with van der Waals surface area (Å²) in [6.07, 6.45) is 1.45. The van der Waals surface area contributed by atoms with Crippen LogP contribution in [0.3, 0.4) is 0 Å². The number of nitrogen functional groups attached to an aromatic ring is 1. The minimum absolute atomic E-state index is 0. The third-order valence-corrected chi connectivity index (χ3v) is 6.41. The lowest BCUT2D eigenvalue weighted by atomic mass is 10.0. The molecular weight excluding hydrogens is 525 g/mol. The van der Waals surface area contributed by atoms with Crippen molar-refractivity contribution < 1.29 is 14.3 Å². The van der Waals surface area contributed by atoms with Gasteiger partial charge in [0.2, 0.25) is 0 Å². The minimum Gasteiger partial charge on any atom is -0.490 e. The van der Waals surface area contributed by atoms with E-state index in [0.717, 1.165) is 48.0 Å². The molecule has 1 aliphatic heterocycles. The van der Waals surface area contributed by atoms with Gasteiger partial charge in [-0.25, -0.2) is 4.79 Å². The Morgan fingerprint density at radius 1 is 1.00 bits per heavy atom. The van der Waals surface area contributed by atoms with Gasteiger partial charge in [0.15, 0.2) is 0 Å². The average Bonchev–Trinajstić information content (AvgIpc) is 2.88. The highest BCUT2D eigenvalue weighted by Gasteiger charge is 2.22. The van der Waals surface area contributed by atoms with Crippen LogP contribution in [0.1, 0.15) is 37.8 Å². The molecule has 10 heteroatoms. The lowest BCUT2D eigenvalue weighted by molar-refractivity contribution is 0.130. The number of anilines is 1. The normalized spacial score (nSPS) is 13.2. The van der Waals surface area contributed by atoms with Gasteiger partial charge in [-0.3, -0.25) is 15.7 Å². The first-order chi connectivity index (χ1) is 17.3. The number of benzene rings is 3. The first-order valence-corrected chi connectivity index (χ1v) is 12.2. The summed E-state index contributed by atoms with van der Waals surface area (Å²) in [6, 6.07) is 19.2. The van der Waals surface area contributed by atoms with Crippen LogP contribution in [0.2, 0.25) is 0 Å². The van der Waals surface area contributed by atoms with Crippen molar-refractivity contribution in [3.05, 3.63) is 71.8 Å². The van der Waals surface area contributed by atoms with E-state index in [4.69, 9.17) is 26.0 Å². The zero-order chi connectivity index (χ0) is 25.7. The number of amides is 1. The molecule has 0 unspecified atom stereocenters. The van der Waals surface area contributed by atoms with Crippen molar-refractivity contribution >= 4 is 59.0 Å². The van der Waals surface area contributed by atoms with Crippen LogP contribution in [0.15, 0.2) is 60.7 Å².